The lowest BCUT2D eigenvalue weighted by molar-refractivity contribution is -0.0733. The number of hydrogen-bond acceptors (Lipinski definition) is 10. The minimum atomic E-state index is -3.90. The van der Waals surface area contributed by atoms with Gasteiger partial charge in [-0.3, -0.25) is 18.1 Å². The van der Waals surface area contributed by atoms with Crippen molar-refractivity contribution in [1.29, 1.82) is 0 Å². The molecule has 2 unspecified atom stereocenters. The van der Waals surface area contributed by atoms with Crippen LogP contribution in [0.1, 0.15) is 27.0 Å². The van der Waals surface area contributed by atoms with E-state index in [1.807, 2.05) is 0 Å². The summed E-state index contributed by atoms with van der Waals surface area (Å²) in [4.78, 5) is 12.3. The summed E-state index contributed by atoms with van der Waals surface area (Å²) in [5.74, 6) is 0.100. The van der Waals surface area contributed by atoms with Crippen LogP contribution in [-0.4, -0.2) is 57.2 Å². The lowest BCUT2D eigenvalue weighted by Crippen LogP contribution is -2.45. The summed E-state index contributed by atoms with van der Waals surface area (Å²) in [6, 6.07) is 0. The fourth-order valence-electron chi connectivity index (χ4n) is 3.38. The number of methoxy groups -OCH3 is 1. The Morgan fingerprint density at radius 3 is 2.89 bits per heavy atom. The molecule has 2 aliphatic heterocycles. The molecule has 0 spiro atoms. The molecule has 5 atom stereocenters. The minimum Gasteiger partial charge on any atom is -0.479 e. The van der Waals surface area contributed by atoms with Gasteiger partial charge in [0.2, 0.25) is 11.8 Å². The highest BCUT2D eigenvalue weighted by atomic mass is 31.2. The third-order valence-corrected chi connectivity index (χ3v) is 6.14. The van der Waals surface area contributed by atoms with Gasteiger partial charge in [0.25, 0.3) is 0 Å². The number of imidazole rings is 1. The number of phosphoric acid groups is 1. The van der Waals surface area contributed by atoms with Gasteiger partial charge in [-0.2, -0.15) is 9.97 Å². The number of ether oxygens (including phenoxy) is 2. The van der Waals surface area contributed by atoms with Gasteiger partial charge in [-0.15, -0.1) is 0 Å². The van der Waals surface area contributed by atoms with Gasteiger partial charge in [0.15, 0.2) is 23.1 Å². The van der Waals surface area contributed by atoms with Crippen LogP contribution in [0, 0.1) is 0 Å². The Hall–Kier alpha value is -1.85. The van der Waals surface area contributed by atoms with Gasteiger partial charge in [-0.1, -0.05) is 0 Å². The number of aromatic nitrogens is 4. The van der Waals surface area contributed by atoms with E-state index < -0.39 is 38.0 Å². The molecule has 2 aromatic rings. The predicted octanol–water partition coefficient (Wildman–Crippen LogP) is 1.99. The zero-order valence-electron chi connectivity index (χ0n) is 15.7. The van der Waals surface area contributed by atoms with E-state index in [-0.39, 0.29) is 24.1 Å². The van der Waals surface area contributed by atoms with Crippen LogP contribution >= 0.6 is 7.82 Å². The Labute approximate surface area is 159 Å². The van der Waals surface area contributed by atoms with Crippen molar-refractivity contribution in [2.24, 2.45) is 0 Å². The lowest BCUT2D eigenvalue weighted by atomic mass is 9.98. The third kappa shape index (κ3) is 3.05. The zero-order valence-corrected chi connectivity index (χ0v) is 16.6. The van der Waals surface area contributed by atoms with Crippen molar-refractivity contribution < 1.29 is 32.0 Å². The molecule has 4 heterocycles. The summed E-state index contributed by atoms with van der Waals surface area (Å²) >= 11 is 0. The Bertz CT molecular complexity index is 952. The monoisotopic (exact) mass is 417 g/mol. The Morgan fingerprint density at radius 2 is 2.21 bits per heavy atom. The maximum Gasteiger partial charge on any atom is 0.475 e. The summed E-state index contributed by atoms with van der Waals surface area (Å²) in [6.45, 7) is 4.51. The molecule has 28 heavy (non-hydrogen) atoms. The maximum atomic E-state index is 15.8. The van der Waals surface area contributed by atoms with Gasteiger partial charge in [0, 0.05) is 0 Å². The van der Waals surface area contributed by atoms with Crippen LogP contribution in [0.4, 0.5) is 10.3 Å². The van der Waals surface area contributed by atoms with Crippen molar-refractivity contribution in [3.8, 4) is 5.88 Å². The van der Waals surface area contributed by atoms with Crippen molar-refractivity contribution in [2.75, 3.05) is 19.5 Å². The number of nitrogens with two attached hydrogens (primary N) is 1. The first-order valence-corrected chi connectivity index (χ1v) is 10.1. The number of rotatable bonds is 4. The Kier molecular flexibility index (Phi) is 4.59. The first-order valence-electron chi connectivity index (χ1n) is 8.64. The molecule has 2 aromatic heterocycles. The highest BCUT2D eigenvalue weighted by Gasteiger charge is 2.61. The van der Waals surface area contributed by atoms with Crippen LogP contribution in [0.5, 0.6) is 5.88 Å². The van der Waals surface area contributed by atoms with E-state index in [4.69, 9.17) is 28.8 Å². The molecule has 2 saturated heterocycles. The molecule has 4 rings (SSSR count). The number of anilines is 1. The summed E-state index contributed by atoms with van der Waals surface area (Å²) in [5.41, 5.74) is 4.16. The van der Waals surface area contributed by atoms with Gasteiger partial charge in [0.05, 0.1) is 26.1 Å². The molecule has 2 fully saturated rings. The molecule has 13 heteroatoms. The lowest BCUT2D eigenvalue weighted by Gasteiger charge is -2.34. The van der Waals surface area contributed by atoms with Gasteiger partial charge in [-0.05, 0) is 20.8 Å². The quantitative estimate of drug-likeness (QED) is 0.736. The highest BCUT2D eigenvalue weighted by Crippen LogP contribution is 2.60. The van der Waals surface area contributed by atoms with Crippen molar-refractivity contribution >= 4 is 24.9 Å². The molecule has 0 amide bonds. The van der Waals surface area contributed by atoms with Crippen LogP contribution in [0.2, 0.25) is 0 Å². The third-order valence-electron chi connectivity index (χ3n) is 4.51. The van der Waals surface area contributed by atoms with E-state index in [2.05, 4.69) is 15.0 Å². The molecule has 0 bridgehead atoms. The van der Waals surface area contributed by atoms with E-state index in [9.17, 15) is 4.57 Å². The van der Waals surface area contributed by atoms with E-state index >= 15 is 4.39 Å². The number of fused-ring (bicyclic) bond motifs is 2. The second kappa shape index (κ2) is 6.60. The molecular formula is C15H21FN5O6P. The number of phosphoric ester groups is 1. The SMILES string of the molecule is COc1nc(N)nc2c1ncn2C1O[C@@H]2COP(=O)(OC(C)C)O[C@H]2[C@@]1(C)F. The first-order chi connectivity index (χ1) is 13.1. The Morgan fingerprint density at radius 1 is 1.46 bits per heavy atom. The molecule has 0 saturated carbocycles. The fraction of sp³-hybridized carbons (Fsp3) is 0.667. The molecule has 0 aliphatic carbocycles. The van der Waals surface area contributed by atoms with Crippen LogP contribution in [-0.2, 0) is 22.9 Å². The summed E-state index contributed by atoms with van der Waals surface area (Å²) in [5, 5.41) is 0. The van der Waals surface area contributed by atoms with Gasteiger partial charge in [0.1, 0.15) is 12.2 Å². The summed E-state index contributed by atoms with van der Waals surface area (Å²) < 4.78 is 56.7. The van der Waals surface area contributed by atoms with Gasteiger partial charge in [-0.25, -0.2) is 13.9 Å². The second-order valence-corrected chi connectivity index (χ2v) is 8.59. The largest absolute Gasteiger partial charge is 0.479 e. The number of nitrogen functional groups attached to an aromatic ring is 1. The second-order valence-electron chi connectivity index (χ2n) is 7.02. The van der Waals surface area contributed by atoms with Crippen LogP contribution in [0.15, 0.2) is 6.33 Å². The van der Waals surface area contributed by atoms with E-state index in [1.165, 1.54) is 24.9 Å². The van der Waals surface area contributed by atoms with Crippen LogP contribution in [0.3, 0.4) is 0 Å². The smallest absolute Gasteiger partial charge is 0.475 e. The standard InChI is InChI=1S/C15H21FN5O6P/c1-7(2)26-28(22)24-5-8-10(27-28)15(3,16)13(25-8)21-6-18-9-11(21)19-14(17)20-12(9)23-4/h6-8,10,13H,5H2,1-4H3,(H2,17,19,20)/t8-,10-,13?,15-,28?/m1/s1. The number of hydrogen-bond donors (Lipinski definition) is 1. The maximum absolute atomic E-state index is 15.8. The summed E-state index contributed by atoms with van der Waals surface area (Å²) in [6.07, 6.45) is -2.21. The minimum absolute atomic E-state index is 0.0588. The number of alkyl halides is 1. The summed E-state index contributed by atoms with van der Waals surface area (Å²) in [7, 11) is -2.49. The molecular weight excluding hydrogens is 396 g/mol. The van der Waals surface area contributed by atoms with Gasteiger partial charge < -0.3 is 15.2 Å². The molecule has 154 valence electrons. The van der Waals surface area contributed by atoms with E-state index in [1.54, 1.807) is 13.8 Å². The number of halogens is 1. The topological polar surface area (TPSA) is 133 Å². The zero-order chi connectivity index (χ0) is 20.3. The van der Waals surface area contributed by atoms with Crippen molar-refractivity contribution in [3.05, 3.63) is 6.33 Å². The van der Waals surface area contributed by atoms with E-state index in [0.29, 0.717) is 5.52 Å². The molecule has 2 aliphatic rings. The van der Waals surface area contributed by atoms with Crippen LogP contribution in [0.25, 0.3) is 11.2 Å². The first kappa shape index (κ1) is 19.5. The molecule has 11 nitrogen and oxygen atoms in total. The molecule has 0 radical (unpaired) electrons. The molecule has 0 aromatic carbocycles. The number of nitrogens with zero attached hydrogens (tertiary/aromatic N) is 4. The molecule has 2 N–H and O–H groups in total. The van der Waals surface area contributed by atoms with Crippen molar-refractivity contribution in [3.63, 3.8) is 0 Å². The highest BCUT2D eigenvalue weighted by molar-refractivity contribution is 7.48. The van der Waals surface area contributed by atoms with Crippen LogP contribution < -0.4 is 10.5 Å². The normalized spacial score (nSPS) is 35.4. The van der Waals surface area contributed by atoms with Crippen molar-refractivity contribution in [2.45, 2.75) is 51.0 Å². The average Bonchev–Trinajstić information content (AvgIpc) is 3.12. The van der Waals surface area contributed by atoms with Crippen molar-refractivity contribution in [1.82, 2.24) is 19.5 Å². The average molecular weight is 417 g/mol. The van der Waals surface area contributed by atoms with E-state index in [0.717, 1.165) is 0 Å². The predicted molar refractivity (Wildman–Crippen MR) is 94.4 cm³/mol. The van der Waals surface area contributed by atoms with Gasteiger partial charge >= 0.3 is 7.82 Å². The Balaban J connectivity index is 1.71. The fourth-order valence-corrected chi connectivity index (χ4v) is 5.01.